The molecule has 1 aromatic heterocycles. The third-order valence-corrected chi connectivity index (χ3v) is 3.93. The molecule has 0 atom stereocenters. The Morgan fingerprint density at radius 2 is 2.29 bits per heavy atom. The molecule has 0 saturated heterocycles. The quantitative estimate of drug-likeness (QED) is 0.915. The van der Waals surface area contributed by atoms with Crippen molar-refractivity contribution in [1.29, 1.82) is 5.26 Å². The van der Waals surface area contributed by atoms with E-state index in [2.05, 4.69) is 30.2 Å². The number of carbonyl (C=O) groups is 1. The number of rotatable bonds is 5. The summed E-state index contributed by atoms with van der Waals surface area (Å²) in [6, 6.07) is 8.95. The molecule has 1 heterocycles. The van der Waals surface area contributed by atoms with Crippen LogP contribution in [0, 0.1) is 11.3 Å². The highest BCUT2D eigenvalue weighted by Crippen LogP contribution is 2.19. The summed E-state index contributed by atoms with van der Waals surface area (Å²) in [5.74, 6) is 0.351. The molecule has 0 radical (unpaired) electrons. The zero-order valence-corrected chi connectivity index (χ0v) is 12.9. The van der Waals surface area contributed by atoms with E-state index in [4.69, 9.17) is 5.26 Å². The topological polar surface area (TPSA) is 65.8 Å². The van der Waals surface area contributed by atoms with Crippen LogP contribution in [-0.2, 0) is 11.2 Å². The van der Waals surface area contributed by atoms with Gasteiger partial charge in [-0.2, -0.15) is 5.26 Å². The molecule has 0 aliphatic rings. The Hall–Kier alpha value is -2.19. The SMILES string of the molecule is CC(C)c1csc(CCC(=O)Nc2cccc(C#N)c2)n1. The molecule has 1 aromatic carbocycles. The van der Waals surface area contributed by atoms with Crippen LogP contribution in [0.3, 0.4) is 0 Å². The predicted octanol–water partition coefficient (Wildman–Crippen LogP) is 3.71. The summed E-state index contributed by atoms with van der Waals surface area (Å²) in [7, 11) is 0. The lowest BCUT2D eigenvalue weighted by Gasteiger charge is -2.04. The summed E-state index contributed by atoms with van der Waals surface area (Å²) in [5, 5.41) is 14.7. The summed E-state index contributed by atoms with van der Waals surface area (Å²) in [6.45, 7) is 4.21. The number of carbonyl (C=O) groups excluding carboxylic acids is 1. The van der Waals surface area contributed by atoms with Gasteiger partial charge in [-0.3, -0.25) is 4.79 Å². The van der Waals surface area contributed by atoms with E-state index in [0.29, 0.717) is 30.0 Å². The normalized spacial score (nSPS) is 10.4. The maximum Gasteiger partial charge on any atom is 0.224 e. The molecule has 21 heavy (non-hydrogen) atoms. The van der Waals surface area contributed by atoms with Gasteiger partial charge in [-0.1, -0.05) is 19.9 Å². The van der Waals surface area contributed by atoms with Crippen LogP contribution < -0.4 is 5.32 Å². The number of anilines is 1. The Bertz CT molecular complexity index is 670. The van der Waals surface area contributed by atoms with Crippen LogP contribution >= 0.6 is 11.3 Å². The standard InChI is InChI=1S/C16H17N3OS/c1-11(2)14-10-21-16(19-14)7-6-15(20)18-13-5-3-4-12(8-13)9-17/h3-5,8,10-11H,6-7H2,1-2H3,(H,18,20). The van der Waals surface area contributed by atoms with Crippen molar-refractivity contribution >= 4 is 22.9 Å². The zero-order chi connectivity index (χ0) is 15.2. The number of amides is 1. The lowest BCUT2D eigenvalue weighted by Crippen LogP contribution is -2.12. The fourth-order valence-electron chi connectivity index (χ4n) is 1.82. The van der Waals surface area contributed by atoms with Gasteiger partial charge in [0.25, 0.3) is 0 Å². The predicted molar refractivity (Wildman–Crippen MR) is 84.3 cm³/mol. The van der Waals surface area contributed by atoms with Gasteiger partial charge in [0.05, 0.1) is 22.3 Å². The molecule has 1 N–H and O–H groups in total. The summed E-state index contributed by atoms with van der Waals surface area (Å²) in [5.41, 5.74) is 2.27. The van der Waals surface area contributed by atoms with Gasteiger partial charge in [-0.05, 0) is 24.1 Å². The molecular formula is C16H17N3OS. The van der Waals surface area contributed by atoms with E-state index < -0.39 is 0 Å². The molecule has 1 amide bonds. The third-order valence-electron chi connectivity index (χ3n) is 3.00. The molecule has 108 valence electrons. The number of aromatic nitrogens is 1. The second-order valence-electron chi connectivity index (χ2n) is 5.06. The van der Waals surface area contributed by atoms with Gasteiger partial charge in [-0.25, -0.2) is 4.98 Å². The number of nitrogens with one attached hydrogen (secondary N) is 1. The maximum absolute atomic E-state index is 11.9. The average molecular weight is 299 g/mol. The van der Waals surface area contributed by atoms with Gasteiger partial charge in [0.15, 0.2) is 0 Å². The molecule has 0 bridgehead atoms. The molecule has 2 rings (SSSR count). The van der Waals surface area contributed by atoms with Crippen molar-refractivity contribution < 1.29 is 4.79 Å². The Morgan fingerprint density at radius 1 is 1.48 bits per heavy atom. The number of benzene rings is 1. The maximum atomic E-state index is 11.9. The Labute approximate surface area is 128 Å². The van der Waals surface area contributed by atoms with E-state index in [9.17, 15) is 4.79 Å². The fourth-order valence-corrected chi connectivity index (χ4v) is 2.78. The van der Waals surface area contributed by atoms with Crippen molar-refractivity contribution in [3.63, 3.8) is 0 Å². The monoisotopic (exact) mass is 299 g/mol. The lowest BCUT2D eigenvalue weighted by atomic mass is 10.2. The first-order chi connectivity index (χ1) is 10.1. The van der Waals surface area contributed by atoms with Crippen LogP contribution in [0.1, 0.15) is 42.5 Å². The minimum Gasteiger partial charge on any atom is -0.326 e. The first-order valence-corrected chi connectivity index (χ1v) is 7.70. The minimum absolute atomic E-state index is 0.0635. The van der Waals surface area contributed by atoms with Crippen molar-refractivity contribution in [1.82, 2.24) is 4.98 Å². The van der Waals surface area contributed by atoms with Crippen LogP contribution in [0.2, 0.25) is 0 Å². The van der Waals surface area contributed by atoms with E-state index >= 15 is 0 Å². The number of nitrogens with zero attached hydrogens (tertiary/aromatic N) is 2. The molecule has 0 fully saturated rings. The van der Waals surface area contributed by atoms with Crippen molar-refractivity contribution in [3.05, 3.63) is 45.9 Å². The largest absolute Gasteiger partial charge is 0.326 e. The van der Waals surface area contributed by atoms with Crippen LogP contribution in [0.15, 0.2) is 29.6 Å². The highest BCUT2D eigenvalue weighted by atomic mass is 32.1. The number of hydrogen-bond acceptors (Lipinski definition) is 4. The zero-order valence-electron chi connectivity index (χ0n) is 12.1. The van der Waals surface area contributed by atoms with E-state index in [1.165, 1.54) is 0 Å². The van der Waals surface area contributed by atoms with E-state index in [1.54, 1.807) is 35.6 Å². The highest BCUT2D eigenvalue weighted by molar-refractivity contribution is 7.09. The second kappa shape index (κ2) is 7.00. The summed E-state index contributed by atoms with van der Waals surface area (Å²) >= 11 is 1.60. The van der Waals surface area contributed by atoms with Crippen molar-refractivity contribution in [3.8, 4) is 6.07 Å². The molecule has 5 heteroatoms. The van der Waals surface area contributed by atoms with Crippen LogP contribution in [0.4, 0.5) is 5.69 Å². The highest BCUT2D eigenvalue weighted by Gasteiger charge is 2.08. The first kappa shape index (κ1) is 15.2. The molecular weight excluding hydrogens is 282 g/mol. The Balaban J connectivity index is 1.88. The number of nitriles is 1. The Morgan fingerprint density at radius 3 is 2.95 bits per heavy atom. The van der Waals surface area contributed by atoms with Gasteiger partial charge >= 0.3 is 0 Å². The summed E-state index contributed by atoms with van der Waals surface area (Å²) < 4.78 is 0. The molecule has 4 nitrogen and oxygen atoms in total. The average Bonchev–Trinajstić information content (AvgIpc) is 2.94. The van der Waals surface area contributed by atoms with E-state index in [1.807, 2.05) is 5.38 Å². The van der Waals surface area contributed by atoms with Gasteiger partial charge in [0.1, 0.15) is 0 Å². The summed E-state index contributed by atoms with van der Waals surface area (Å²) in [4.78, 5) is 16.4. The van der Waals surface area contributed by atoms with E-state index in [-0.39, 0.29) is 5.91 Å². The second-order valence-corrected chi connectivity index (χ2v) is 6.00. The third kappa shape index (κ3) is 4.40. The van der Waals surface area contributed by atoms with Crippen molar-refractivity contribution in [2.45, 2.75) is 32.6 Å². The van der Waals surface area contributed by atoms with E-state index in [0.717, 1.165) is 10.7 Å². The molecule has 2 aromatic rings. The first-order valence-electron chi connectivity index (χ1n) is 6.83. The minimum atomic E-state index is -0.0635. The molecule has 0 saturated carbocycles. The molecule has 0 unspecified atom stereocenters. The Kier molecular flexibility index (Phi) is 5.07. The van der Waals surface area contributed by atoms with Crippen LogP contribution in [0.25, 0.3) is 0 Å². The van der Waals surface area contributed by atoms with Gasteiger partial charge in [0, 0.05) is 23.9 Å². The summed E-state index contributed by atoms with van der Waals surface area (Å²) in [6.07, 6.45) is 1.03. The smallest absolute Gasteiger partial charge is 0.224 e. The fraction of sp³-hybridized carbons (Fsp3) is 0.312. The van der Waals surface area contributed by atoms with Crippen molar-refractivity contribution in [2.75, 3.05) is 5.32 Å². The number of thiazole rings is 1. The number of aryl methyl sites for hydroxylation is 1. The molecule has 0 aliphatic heterocycles. The van der Waals surface area contributed by atoms with Crippen molar-refractivity contribution in [2.24, 2.45) is 0 Å². The molecule has 0 aliphatic carbocycles. The molecule has 0 spiro atoms. The lowest BCUT2D eigenvalue weighted by molar-refractivity contribution is -0.116. The van der Waals surface area contributed by atoms with Crippen LogP contribution in [-0.4, -0.2) is 10.9 Å². The van der Waals surface area contributed by atoms with Crippen LogP contribution in [0.5, 0.6) is 0 Å². The number of hydrogen-bond donors (Lipinski definition) is 1. The van der Waals surface area contributed by atoms with Gasteiger partial charge in [0.2, 0.25) is 5.91 Å². The van der Waals surface area contributed by atoms with Gasteiger partial charge in [-0.15, -0.1) is 11.3 Å². The van der Waals surface area contributed by atoms with Gasteiger partial charge < -0.3 is 5.32 Å².